The van der Waals surface area contributed by atoms with E-state index in [0.717, 1.165) is 68.2 Å². The molecule has 0 amide bonds. The van der Waals surface area contributed by atoms with Crippen LogP contribution in [0.25, 0.3) is 5.69 Å². The van der Waals surface area contributed by atoms with Crippen LogP contribution in [0.15, 0.2) is 48.7 Å². The number of nitrogens with zero attached hydrogens (tertiary/aromatic N) is 4. The minimum Gasteiger partial charge on any atom is -0.460 e. The highest BCUT2D eigenvalue weighted by atomic mass is 16.6. The summed E-state index contributed by atoms with van der Waals surface area (Å²) in [6.45, 7) is 11.8. The number of anilines is 1. The van der Waals surface area contributed by atoms with Crippen molar-refractivity contribution in [2.45, 2.75) is 77.7 Å². The smallest absolute Gasteiger partial charge is 0.306 e. The first kappa shape index (κ1) is 27.4. The van der Waals surface area contributed by atoms with Gasteiger partial charge in [0.25, 0.3) is 0 Å². The fraction of sp³-hybridized carbons (Fsp3) is 0.531. The van der Waals surface area contributed by atoms with E-state index in [0.29, 0.717) is 12.3 Å². The standard InChI is InChI=1S/C32H43N5O2/c1-23-14-17-34-37(23)29-9-5-7-26(19-29)27(20-30(38)39-32(2,3)4)22-36-18-15-24(21-36)10-12-28-13-11-25-8-6-16-33-31(25)35-28/h5,7,9,11,13-14,17,19,24,27H,6,8,10,12,15-16,18,20-22H2,1-4H3,(H,33,35)/t24-,27?/m1/s1. The summed E-state index contributed by atoms with van der Waals surface area (Å²) >= 11 is 0. The highest BCUT2D eigenvalue weighted by molar-refractivity contribution is 5.71. The quantitative estimate of drug-likeness (QED) is 0.358. The predicted octanol–water partition coefficient (Wildman–Crippen LogP) is 5.70. The Morgan fingerprint density at radius 3 is 2.87 bits per heavy atom. The van der Waals surface area contributed by atoms with Gasteiger partial charge in [-0.2, -0.15) is 5.10 Å². The molecule has 208 valence electrons. The lowest BCUT2D eigenvalue weighted by atomic mass is 9.94. The van der Waals surface area contributed by atoms with Crippen LogP contribution in [0.3, 0.4) is 0 Å². The lowest BCUT2D eigenvalue weighted by molar-refractivity contribution is -0.155. The molecule has 5 rings (SSSR count). The first-order valence-corrected chi connectivity index (χ1v) is 14.5. The molecule has 1 N–H and O–H groups in total. The number of aromatic nitrogens is 3. The van der Waals surface area contributed by atoms with Gasteiger partial charge in [0.15, 0.2) is 0 Å². The summed E-state index contributed by atoms with van der Waals surface area (Å²) in [5.74, 6) is 1.65. The molecule has 2 aliphatic rings. The Morgan fingerprint density at radius 1 is 1.21 bits per heavy atom. The van der Waals surface area contributed by atoms with E-state index in [2.05, 4.69) is 58.6 Å². The second-order valence-electron chi connectivity index (χ2n) is 12.3. The van der Waals surface area contributed by atoms with E-state index in [1.165, 1.54) is 24.1 Å². The van der Waals surface area contributed by atoms with Crippen molar-refractivity contribution in [3.8, 4) is 5.69 Å². The number of benzene rings is 1. The molecule has 2 atom stereocenters. The molecule has 0 saturated carbocycles. The normalized spacial score (nSPS) is 18.4. The molecular weight excluding hydrogens is 486 g/mol. The average Bonchev–Trinajstić information content (AvgIpc) is 3.54. The van der Waals surface area contributed by atoms with Crippen LogP contribution in [0, 0.1) is 12.8 Å². The van der Waals surface area contributed by atoms with Gasteiger partial charge in [-0.1, -0.05) is 18.2 Å². The van der Waals surface area contributed by atoms with Crippen LogP contribution < -0.4 is 5.32 Å². The molecule has 39 heavy (non-hydrogen) atoms. The number of carbonyl (C=O) groups is 1. The van der Waals surface area contributed by atoms with Gasteiger partial charge in [0.1, 0.15) is 11.4 Å². The summed E-state index contributed by atoms with van der Waals surface area (Å²) in [7, 11) is 0. The fourth-order valence-electron chi connectivity index (χ4n) is 5.91. The van der Waals surface area contributed by atoms with Gasteiger partial charge < -0.3 is 15.0 Å². The second-order valence-corrected chi connectivity index (χ2v) is 12.3. The largest absolute Gasteiger partial charge is 0.460 e. The fourth-order valence-corrected chi connectivity index (χ4v) is 5.91. The Kier molecular flexibility index (Phi) is 8.36. The molecular formula is C32H43N5O2. The predicted molar refractivity (Wildman–Crippen MR) is 155 cm³/mol. The van der Waals surface area contributed by atoms with Crippen LogP contribution in [-0.4, -0.2) is 57.4 Å². The first-order valence-electron chi connectivity index (χ1n) is 14.5. The van der Waals surface area contributed by atoms with Gasteiger partial charge in [-0.05, 0) is 108 Å². The van der Waals surface area contributed by atoms with Crippen LogP contribution in [0.4, 0.5) is 5.82 Å². The number of aryl methyl sites for hydroxylation is 3. The molecule has 7 nitrogen and oxygen atoms in total. The molecule has 1 fully saturated rings. The number of pyridine rings is 1. The highest BCUT2D eigenvalue weighted by Gasteiger charge is 2.28. The third-order valence-electron chi connectivity index (χ3n) is 7.86. The van der Waals surface area contributed by atoms with Gasteiger partial charge in [0.2, 0.25) is 0 Å². The van der Waals surface area contributed by atoms with Crippen molar-refractivity contribution in [3.63, 3.8) is 0 Å². The van der Waals surface area contributed by atoms with E-state index in [4.69, 9.17) is 9.72 Å². The molecule has 0 spiro atoms. The zero-order valence-electron chi connectivity index (χ0n) is 23.9. The minimum absolute atomic E-state index is 0.0582. The SMILES string of the molecule is Cc1ccnn1-c1cccc(C(CC(=O)OC(C)(C)C)CN2CC[C@@H](CCc3ccc4c(n3)NCCC4)C2)c1. The summed E-state index contributed by atoms with van der Waals surface area (Å²) in [5, 5.41) is 7.94. The van der Waals surface area contributed by atoms with E-state index in [1.807, 2.05) is 37.7 Å². The van der Waals surface area contributed by atoms with Crippen LogP contribution in [-0.2, 0) is 22.4 Å². The van der Waals surface area contributed by atoms with Crippen LogP contribution in [0.2, 0.25) is 0 Å². The number of hydrogen-bond acceptors (Lipinski definition) is 6. The maximum absolute atomic E-state index is 12.9. The van der Waals surface area contributed by atoms with Crippen molar-refractivity contribution in [3.05, 3.63) is 71.2 Å². The van der Waals surface area contributed by atoms with Crippen molar-refractivity contribution in [2.24, 2.45) is 5.92 Å². The third kappa shape index (κ3) is 7.27. The summed E-state index contributed by atoms with van der Waals surface area (Å²) in [6, 6.07) is 14.9. The summed E-state index contributed by atoms with van der Waals surface area (Å²) < 4.78 is 7.69. The van der Waals surface area contributed by atoms with Gasteiger partial charge in [-0.15, -0.1) is 0 Å². The number of nitrogens with one attached hydrogen (secondary N) is 1. The zero-order chi connectivity index (χ0) is 27.4. The number of rotatable bonds is 9. The van der Waals surface area contributed by atoms with Crippen LogP contribution in [0.1, 0.15) is 74.9 Å². The lowest BCUT2D eigenvalue weighted by Crippen LogP contribution is -2.30. The zero-order valence-corrected chi connectivity index (χ0v) is 23.9. The maximum Gasteiger partial charge on any atom is 0.306 e. The molecule has 4 heterocycles. The van der Waals surface area contributed by atoms with Crippen molar-refractivity contribution < 1.29 is 9.53 Å². The highest BCUT2D eigenvalue weighted by Crippen LogP contribution is 2.29. The number of hydrogen-bond donors (Lipinski definition) is 1. The molecule has 1 saturated heterocycles. The van der Waals surface area contributed by atoms with E-state index in [-0.39, 0.29) is 11.9 Å². The topological polar surface area (TPSA) is 72.3 Å². The Hall–Kier alpha value is -3.19. The van der Waals surface area contributed by atoms with E-state index in [9.17, 15) is 4.79 Å². The van der Waals surface area contributed by atoms with Gasteiger partial charge in [0.05, 0.1) is 12.1 Å². The molecule has 1 unspecified atom stereocenters. The number of ether oxygens (including phenoxy) is 1. The Balaban J connectivity index is 1.24. The number of fused-ring (bicyclic) bond motifs is 1. The summed E-state index contributed by atoms with van der Waals surface area (Å²) in [5.41, 5.74) is 5.31. The lowest BCUT2D eigenvalue weighted by Gasteiger charge is -2.26. The third-order valence-corrected chi connectivity index (χ3v) is 7.86. The number of carbonyl (C=O) groups excluding carboxylic acids is 1. The maximum atomic E-state index is 12.9. The van der Waals surface area contributed by atoms with E-state index in [1.54, 1.807) is 0 Å². The van der Waals surface area contributed by atoms with Crippen molar-refractivity contribution in [1.82, 2.24) is 19.7 Å². The van der Waals surface area contributed by atoms with Crippen LogP contribution in [0.5, 0.6) is 0 Å². The molecule has 0 aliphatic carbocycles. The molecule has 2 aromatic heterocycles. The summed E-state index contributed by atoms with van der Waals surface area (Å²) in [6.07, 6.45) is 7.85. The Bertz CT molecular complexity index is 1280. The molecule has 3 aromatic rings. The van der Waals surface area contributed by atoms with Crippen molar-refractivity contribution in [2.75, 3.05) is 31.5 Å². The van der Waals surface area contributed by atoms with Gasteiger partial charge in [-0.3, -0.25) is 4.79 Å². The van der Waals surface area contributed by atoms with Crippen molar-refractivity contribution >= 4 is 11.8 Å². The van der Waals surface area contributed by atoms with Crippen molar-refractivity contribution in [1.29, 1.82) is 0 Å². The van der Waals surface area contributed by atoms with E-state index < -0.39 is 5.60 Å². The first-order chi connectivity index (χ1) is 18.7. The Labute approximate surface area is 233 Å². The number of esters is 1. The van der Waals surface area contributed by atoms with Gasteiger partial charge >= 0.3 is 5.97 Å². The minimum atomic E-state index is -0.491. The molecule has 7 heteroatoms. The Morgan fingerprint density at radius 2 is 2.08 bits per heavy atom. The molecule has 0 radical (unpaired) electrons. The number of likely N-dealkylation sites (tertiary alicyclic amines) is 1. The second kappa shape index (κ2) is 11.9. The molecule has 2 aliphatic heterocycles. The van der Waals surface area contributed by atoms with E-state index >= 15 is 0 Å². The van der Waals surface area contributed by atoms with Gasteiger partial charge in [-0.25, -0.2) is 9.67 Å². The van der Waals surface area contributed by atoms with Crippen LogP contribution >= 0.6 is 0 Å². The summed E-state index contributed by atoms with van der Waals surface area (Å²) in [4.78, 5) is 20.4. The average molecular weight is 530 g/mol. The monoisotopic (exact) mass is 529 g/mol. The molecule has 1 aromatic carbocycles. The molecule has 0 bridgehead atoms. The van der Waals surface area contributed by atoms with Gasteiger partial charge in [0, 0.05) is 43.1 Å².